The van der Waals surface area contributed by atoms with Crippen LogP contribution in [0.25, 0.3) is 12.2 Å². The average molecular weight is 625 g/mol. The van der Waals surface area contributed by atoms with Crippen LogP contribution in [-0.2, 0) is 9.59 Å². The van der Waals surface area contributed by atoms with Crippen molar-refractivity contribution < 1.29 is 14.3 Å². The highest BCUT2D eigenvalue weighted by Gasteiger charge is 2.20. The number of nitrogens with zero attached hydrogens (tertiary/aromatic N) is 2. The normalized spacial score (nSPS) is 13.8. The third kappa shape index (κ3) is 7.33. The average Bonchev–Trinajstić information content (AvgIpc) is 2.91. The van der Waals surface area contributed by atoms with Gasteiger partial charge in [0.1, 0.15) is 5.75 Å². The number of piperazine rings is 1. The molecule has 0 unspecified atom stereocenters. The Morgan fingerprint density at radius 1 is 0.892 bits per heavy atom. The zero-order chi connectivity index (χ0) is 26.2. The number of ether oxygens (including phenoxy) is 1. The zero-order valence-electron chi connectivity index (χ0n) is 20.4. The van der Waals surface area contributed by atoms with Crippen molar-refractivity contribution in [2.45, 2.75) is 0 Å². The lowest BCUT2D eigenvalue weighted by atomic mass is 10.2. The van der Waals surface area contributed by atoms with Crippen molar-refractivity contribution in [3.8, 4) is 5.75 Å². The van der Waals surface area contributed by atoms with Gasteiger partial charge in [-0.3, -0.25) is 9.59 Å². The van der Waals surface area contributed by atoms with Crippen molar-refractivity contribution >= 4 is 67.2 Å². The van der Waals surface area contributed by atoms with Gasteiger partial charge in [0.2, 0.25) is 11.8 Å². The van der Waals surface area contributed by atoms with Gasteiger partial charge in [0.15, 0.2) is 0 Å². The van der Waals surface area contributed by atoms with Crippen LogP contribution in [0.15, 0.2) is 87.8 Å². The summed E-state index contributed by atoms with van der Waals surface area (Å²) in [5.74, 6) is 0.453. The van der Waals surface area contributed by atoms with E-state index in [1.807, 2.05) is 77.7 Å². The van der Waals surface area contributed by atoms with E-state index >= 15 is 0 Å². The molecule has 1 heterocycles. The number of carbonyl (C=O) groups excluding carboxylic acids is 2. The molecule has 190 valence electrons. The molecule has 3 aromatic carbocycles. The van der Waals surface area contributed by atoms with Crippen LogP contribution in [0.2, 0.25) is 0 Å². The van der Waals surface area contributed by atoms with Crippen molar-refractivity contribution in [2.75, 3.05) is 43.5 Å². The standard InChI is InChI=1S/C29H27Br2N3O3/c1-37-29-22(19-23(30)20-26(29)31)8-13-27(35)32-24-9-11-25(12-10-24)33-15-17-34(18-16-33)28(36)14-7-21-5-3-2-4-6-21/h2-14,19-20H,15-18H2,1H3,(H,32,35)/b13-8+,14-7+. The van der Waals surface area contributed by atoms with Crippen LogP contribution < -0.4 is 15.0 Å². The maximum absolute atomic E-state index is 12.5. The first-order chi connectivity index (χ1) is 17.9. The largest absolute Gasteiger partial charge is 0.495 e. The molecule has 3 aromatic rings. The molecule has 0 spiro atoms. The quantitative estimate of drug-likeness (QED) is 0.317. The number of nitrogens with one attached hydrogen (secondary N) is 1. The number of halogens is 2. The highest BCUT2D eigenvalue weighted by atomic mass is 79.9. The van der Waals surface area contributed by atoms with E-state index in [0.717, 1.165) is 38.8 Å². The summed E-state index contributed by atoms with van der Waals surface area (Å²) < 4.78 is 7.10. The van der Waals surface area contributed by atoms with Gasteiger partial charge in [-0.25, -0.2) is 0 Å². The van der Waals surface area contributed by atoms with Gasteiger partial charge in [0, 0.05) is 59.7 Å². The Morgan fingerprint density at radius 2 is 1.59 bits per heavy atom. The number of hydrogen-bond donors (Lipinski definition) is 1. The van der Waals surface area contributed by atoms with Crippen LogP contribution in [0.1, 0.15) is 11.1 Å². The van der Waals surface area contributed by atoms with Crippen molar-refractivity contribution in [3.05, 3.63) is 99.0 Å². The number of benzene rings is 3. The number of anilines is 2. The van der Waals surface area contributed by atoms with Gasteiger partial charge >= 0.3 is 0 Å². The molecule has 1 aliphatic rings. The molecular weight excluding hydrogens is 598 g/mol. The summed E-state index contributed by atoms with van der Waals surface area (Å²) in [5.41, 5.74) is 3.56. The first-order valence-electron chi connectivity index (χ1n) is 11.8. The predicted octanol–water partition coefficient (Wildman–Crippen LogP) is 6.23. The number of amides is 2. The molecule has 1 fully saturated rings. The van der Waals surface area contributed by atoms with Gasteiger partial charge in [-0.2, -0.15) is 0 Å². The first-order valence-corrected chi connectivity index (χ1v) is 13.4. The predicted molar refractivity (Wildman–Crippen MR) is 157 cm³/mol. The minimum Gasteiger partial charge on any atom is -0.495 e. The minimum absolute atomic E-state index is 0.0301. The van der Waals surface area contributed by atoms with Crippen molar-refractivity contribution in [3.63, 3.8) is 0 Å². The fourth-order valence-corrected chi connectivity index (χ4v) is 5.47. The molecule has 0 bridgehead atoms. The molecule has 1 N–H and O–H groups in total. The van der Waals surface area contributed by atoms with Crippen LogP contribution in [0.5, 0.6) is 5.75 Å². The molecule has 0 aromatic heterocycles. The summed E-state index contributed by atoms with van der Waals surface area (Å²) in [6.45, 7) is 2.83. The third-order valence-electron chi connectivity index (χ3n) is 5.96. The van der Waals surface area contributed by atoms with Crippen molar-refractivity contribution in [2.24, 2.45) is 0 Å². The first kappa shape index (κ1) is 26.7. The lowest BCUT2D eigenvalue weighted by molar-refractivity contribution is -0.126. The van der Waals surface area contributed by atoms with Gasteiger partial charge in [0.05, 0.1) is 11.6 Å². The lowest BCUT2D eigenvalue weighted by Gasteiger charge is -2.35. The summed E-state index contributed by atoms with van der Waals surface area (Å²) in [4.78, 5) is 29.1. The Labute approximate surface area is 233 Å². The fraction of sp³-hybridized carbons (Fsp3) is 0.172. The smallest absolute Gasteiger partial charge is 0.248 e. The molecule has 4 rings (SSSR count). The SMILES string of the molecule is COc1c(Br)cc(Br)cc1/C=C/C(=O)Nc1ccc(N2CCN(C(=O)/C=C/c3ccccc3)CC2)cc1. The summed E-state index contributed by atoms with van der Waals surface area (Å²) in [5, 5.41) is 2.89. The lowest BCUT2D eigenvalue weighted by Crippen LogP contribution is -2.48. The molecule has 1 aliphatic heterocycles. The van der Waals surface area contributed by atoms with E-state index < -0.39 is 0 Å². The Balaban J connectivity index is 1.29. The van der Waals surface area contributed by atoms with Crippen LogP contribution in [0.4, 0.5) is 11.4 Å². The second-order valence-corrected chi connectivity index (χ2v) is 10.2. The zero-order valence-corrected chi connectivity index (χ0v) is 23.5. The van der Waals surface area contributed by atoms with E-state index in [2.05, 4.69) is 42.1 Å². The van der Waals surface area contributed by atoms with Gasteiger partial charge in [-0.05, 0) is 70.0 Å². The molecule has 8 heteroatoms. The summed E-state index contributed by atoms with van der Waals surface area (Å²) in [7, 11) is 1.59. The topological polar surface area (TPSA) is 61.9 Å². The van der Waals surface area contributed by atoms with Gasteiger partial charge in [-0.1, -0.05) is 46.3 Å². The third-order valence-corrected chi connectivity index (χ3v) is 7.01. The summed E-state index contributed by atoms with van der Waals surface area (Å²) >= 11 is 6.93. The number of carbonyl (C=O) groups is 2. The summed E-state index contributed by atoms with van der Waals surface area (Å²) in [6, 6.07) is 21.3. The summed E-state index contributed by atoms with van der Waals surface area (Å²) in [6.07, 6.45) is 6.69. The molecular formula is C29H27Br2N3O3. The molecule has 0 saturated carbocycles. The Hall–Kier alpha value is -3.36. The second kappa shape index (κ2) is 12.7. The van der Waals surface area contributed by atoms with E-state index in [4.69, 9.17) is 4.74 Å². The van der Waals surface area contributed by atoms with E-state index in [-0.39, 0.29) is 11.8 Å². The maximum atomic E-state index is 12.5. The second-order valence-electron chi connectivity index (χ2n) is 8.44. The van der Waals surface area contributed by atoms with E-state index in [9.17, 15) is 9.59 Å². The number of rotatable bonds is 7. The Kier molecular flexibility index (Phi) is 9.19. The molecule has 0 atom stereocenters. The number of hydrogen-bond acceptors (Lipinski definition) is 4. The maximum Gasteiger partial charge on any atom is 0.248 e. The van der Waals surface area contributed by atoms with Crippen LogP contribution in [0, 0.1) is 0 Å². The van der Waals surface area contributed by atoms with Crippen LogP contribution in [0.3, 0.4) is 0 Å². The van der Waals surface area contributed by atoms with Crippen molar-refractivity contribution in [1.82, 2.24) is 4.90 Å². The number of methoxy groups -OCH3 is 1. The molecule has 0 aliphatic carbocycles. The Bertz CT molecular complexity index is 1300. The fourth-order valence-electron chi connectivity index (χ4n) is 4.05. The van der Waals surface area contributed by atoms with Crippen LogP contribution in [-0.4, -0.2) is 50.0 Å². The highest BCUT2D eigenvalue weighted by molar-refractivity contribution is 9.11. The molecule has 0 radical (unpaired) electrons. The molecule has 37 heavy (non-hydrogen) atoms. The van der Waals surface area contributed by atoms with Crippen molar-refractivity contribution in [1.29, 1.82) is 0 Å². The van der Waals surface area contributed by atoms with E-state index in [1.54, 1.807) is 19.3 Å². The van der Waals surface area contributed by atoms with Gasteiger partial charge in [0.25, 0.3) is 0 Å². The molecule has 6 nitrogen and oxygen atoms in total. The van der Waals surface area contributed by atoms with E-state index in [1.165, 1.54) is 6.08 Å². The molecule has 2 amide bonds. The minimum atomic E-state index is -0.235. The van der Waals surface area contributed by atoms with Crippen LogP contribution >= 0.6 is 31.9 Å². The van der Waals surface area contributed by atoms with Gasteiger partial charge < -0.3 is 19.9 Å². The van der Waals surface area contributed by atoms with E-state index in [0.29, 0.717) is 24.5 Å². The van der Waals surface area contributed by atoms with Gasteiger partial charge in [-0.15, -0.1) is 0 Å². The monoisotopic (exact) mass is 623 g/mol. The highest BCUT2D eigenvalue weighted by Crippen LogP contribution is 2.33. The molecule has 1 saturated heterocycles. The Morgan fingerprint density at radius 3 is 2.27 bits per heavy atom.